The predicted molar refractivity (Wildman–Crippen MR) is 117 cm³/mol. The third-order valence-electron chi connectivity index (χ3n) is 5.43. The summed E-state index contributed by atoms with van der Waals surface area (Å²) in [6, 6.07) is 16.1. The lowest BCUT2D eigenvalue weighted by atomic mass is 9.82. The van der Waals surface area contributed by atoms with E-state index in [0.717, 1.165) is 5.56 Å². The van der Waals surface area contributed by atoms with E-state index in [9.17, 15) is 14.4 Å². The fraction of sp³-hybridized carbons (Fsp3) is 0.240. The van der Waals surface area contributed by atoms with Crippen LogP contribution in [0.3, 0.4) is 0 Å². The monoisotopic (exact) mass is 435 g/mol. The van der Waals surface area contributed by atoms with Gasteiger partial charge in [-0.1, -0.05) is 42.5 Å². The Labute approximate surface area is 186 Å². The molecule has 3 rings (SSSR count). The highest BCUT2D eigenvalue weighted by molar-refractivity contribution is 5.98. The van der Waals surface area contributed by atoms with Crippen molar-refractivity contribution in [3.05, 3.63) is 94.8 Å². The summed E-state index contributed by atoms with van der Waals surface area (Å²) >= 11 is 0. The molecule has 0 spiro atoms. The largest absolute Gasteiger partial charge is 0.466 e. The number of carbonyl (C=O) groups is 3. The van der Waals surface area contributed by atoms with Crippen LogP contribution >= 0.6 is 0 Å². The summed E-state index contributed by atoms with van der Waals surface area (Å²) in [5.74, 6) is -2.32. The Bertz CT molecular complexity index is 1020. The number of hydrogen-bond donors (Lipinski definition) is 0. The first kappa shape index (κ1) is 22.8. The van der Waals surface area contributed by atoms with Crippen molar-refractivity contribution in [2.75, 3.05) is 21.3 Å². The van der Waals surface area contributed by atoms with Gasteiger partial charge < -0.3 is 19.1 Å². The fourth-order valence-corrected chi connectivity index (χ4v) is 3.67. The molecule has 1 aliphatic heterocycles. The van der Waals surface area contributed by atoms with E-state index < -0.39 is 23.8 Å². The van der Waals surface area contributed by atoms with Crippen LogP contribution < -0.4 is 0 Å². The molecule has 2 aromatic rings. The molecular weight excluding hydrogens is 410 g/mol. The summed E-state index contributed by atoms with van der Waals surface area (Å²) in [7, 11) is 3.89. The molecule has 0 saturated carbocycles. The van der Waals surface area contributed by atoms with Crippen molar-refractivity contribution < 1.29 is 28.6 Å². The number of rotatable bonds is 6. The molecular formula is C25H25NO6. The van der Waals surface area contributed by atoms with Crippen LogP contribution in [0.2, 0.25) is 0 Å². The molecule has 1 aliphatic rings. The average Bonchev–Trinajstić information content (AvgIpc) is 2.86. The molecule has 0 unspecified atom stereocenters. The minimum Gasteiger partial charge on any atom is -0.466 e. The van der Waals surface area contributed by atoms with Crippen LogP contribution in [-0.4, -0.2) is 44.1 Å². The van der Waals surface area contributed by atoms with Gasteiger partial charge in [-0.25, -0.2) is 14.4 Å². The van der Waals surface area contributed by atoms with E-state index in [-0.39, 0.29) is 17.2 Å². The number of ether oxygens (including phenoxy) is 3. The van der Waals surface area contributed by atoms with E-state index in [1.165, 1.54) is 21.3 Å². The molecule has 0 saturated heterocycles. The molecule has 32 heavy (non-hydrogen) atoms. The highest BCUT2D eigenvalue weighted by Crippen LogP contribution is 2.39. The van der Waals surface area contributed by atoms with Crippen LogP contribution in [0.4, 0.5) is 0 Å². The zero-order chi connectivity index (χ0) is 23.3. The molecule has 7 nitrogen and oxygen atoms in total. The number of nitrogens with zero attached hydrogens (tertiary/aromatic N) is 1. The molecule has 0 radical (unpaired) electrons. The maximum Gasteiger partial charge on any atom is 0.337 e. The lowest BCUT2D eigenvalue weighted by Crippen LogP contribution is -2.30. The van der Waals surface area contributed by atoms with Crippen molar-refractivity contribution >= 4 is 17.9 Å². The first-order chi connectivity index (χ1) is 15.4. The Hall–Kier alpha value is -3.87. The van der Waals surface area contributed by atoms with Gasteiger partial charge in [0.2, 0.25) is 0 Å². The predicted octanol–water partition coefficient (Wildman–Crippen LogP) is 3.75. The van der Waals surface area contributed by atoms with Gasteiger partial charge in [0.15, 0.2) is 0 Å². The molecule has 0 amide bonds. The smallest absolute Gasteiger partial charge is 0.337 e. The van der Waals surface area contributed by atoms with Gasteiger partial charge in [0.1, 0.15) is 0 Å². The second-order valence-corrected chi connectivity index (χ2v) is 7.23. The Kier molecular flexibility index (Phi) is 7.10. The van der Waals surface area contributed by atoms with Crippen molar-refractivity contribution in [1.29, 1.82) is 0 Å². The second kappa shape index (κ2) is 9.96. The SMILES string of the molecule is COC(=O)C1=CN([C@H](C)c2ccccc2)C=C(C(=O)OC)C1c1ccc(C(=O)OC)cc1. The number of esters is 3. The first-order valence-electron chi connectivity index (χ1n) is 10.0. The van der Waals surface area contributed by atoms with Crippen molar-refractivity contribution in [3.8, 4) is 0 Å². The minimum atomic E-state index is -0.721. The van der Waals surface area contributed by atoms with Crippen LogP contribution in [0.5, 0.6) is 0 Å². The van der Waals surface area contributed by atoms with E-state index in [2.05, 4.69) is 0 Å². The molecule has 1 heterocycles. The lowest BCUT2D eigenvalue weighted by molar-refractivity contribution is -0.137. The van der Waals surface area contributed by atoms with Crippen LogP contribution in [0.15, 0.2) is 78.1 Å². The van der Waals surface area contributed by atoms with Crippen LogP contribution in [0, 0.1) is 0 Å². The van der Waals surface area contributed by atoms with Crippen LogP contribution in [0.1, 0.15) is 40.4 Å². The Morgan fingerprint density at radius 1 is 0.750 bits per heavy atom. The number of carbonyl (C=O) groups excluding carboxylic acids is 3. The Morgan fingerprint density at radius 2 is 1.25 bits per heavy atom. The molecule has 0 aliphatic carbocycles. The molecule has 2 aromatic carbocycles. The first-order valence-corrected chi connectivity index (χ1v) is 10.0. The van der Waals surface area contributed by atoms with E-state index in [1.807, 2.05) is 37.3 Å². The Morgan fingerprint density at radius 3 is 1.72 bits per heavy atom. The summed E-state index contributed by atoms with van der Waals surface area (Å²) in [5, 5.41) is 0. The summed E-state index contributed by atoms with van der Waals surface area (Å²) in [6.45, 7) is 1.97. The van der Waals surface area contributed by atoms with E-state index in [1.54, 1.807) is 41.6 Å². The van der Waals surface area contributed by atoms with Gasteiger partial charge in [-0.15, -0.1) is 0 Å². The minimum absolute atomic E-state index is 0.154. The molecule has 0 aromatic heterocycles. The zero-order valence-corrected chi connectivity index (χ0v) is 18.4. The second-order valence-electron chi connectivity index (χ2n) is 7.23. The van der Waals surface area contributed by atoms with Crippen LogP contribution in [0.25, 0.3) is 0 Å². The number of methoxy groups -OCH3 is 3. The van der Waals surface area contributed by atoms with E-state index in [0.29, 0.717) is 11.1 Å². The van der Waals surface area contributed by atoms with Crippen molar-refractivity contribution in [1.82, 2.24) is 4.90 Å². The molecule has 0 N–H and O–H groups in total. The third-order valence-corrected chi connectivity index (χ3v) is 5.43. The standard InChI is InChI=1S/C25H25NO6/c1-16(17-8-6-5-7-9-17)26-14-20(24(28)31-3)22(21(15-26)25(29)32-4)18-10-12-19(13-11-18)23(27)30-2/h5-16,22H,1-4H3/t16-/m1/s1. The topological polar surface area (TPSA) is 82.1 Å². The summed E-state index contributed by atoms with van der Waals surface area (Å²) in [5.41, 5.74) is 2.57. The third kappa shape index (κ3) is 4.56. The van der Waals surface area contributed by atoms with Crippen molar-refractivity contribution in [2.24, 2.45) is 0 Å². The van der Waals surface area contributed by atoms with Crippen LogP contribution in [-0.2, 0) is 23.8 Å². The van der Waals surface area contributed by atoms with E-state index in [4.69, 9.17) is 14.2 Å². The molecule has 166 valence electrons. The quantitative estimate of drug-likeness (QED) is 0.505. The molecule has 7 heteroatoms. The molecule has 1 atom stereocenters. The van der Waals surface area contributed by atoms with Gasteiger partial charge in [-0.05, 0) is 30.2 Å². The average molecular weight is 435 g/mol. The van der Waals surface area contributed by atoms with Gasteiger partial charge in [0, 0.05) is 12.4 Å². The number of hydrogen-bond acceptors (Lipinski definition) is 7. The van der Waals surface area contributed by atoms with Crippen molar-refractivity contribution in [3.63, 3.8) is 0 Å². The normalized spacial score (nSPS) is 14.7. The highest BCUT2D eigenvalue weighted by Gasteiger charge is 2.36. The molecule has 0 fully saturated rings. The van der Waals surface area contributed by atoms with Gasteiger partial charge >= 0.3 is 17.9 Å². The summed E-state index contributed by atoms with van der Waals surface area (Å²) < 4.78 is 14.8. The van der Waals surface area contributed by atoms with Gasteiger partial charge in [0.05, 0.1) is 50.0 Å². The van der Waals surface area contributed by atoms with E-state index >= 15 is 0 Å². The zero-order valence-electron chi connectivity index (χ0n) is 18.4. The lowest BCUT2D eigenvalue weighted by Gasteiger charge is -2.33. The maximum atomic E-state index is 12.8. The van der Waals surface area contributed by atoms with Gasteiger partial charge in [-0.3, -0.25) is 0 Å². The van der Waals surface area contributed by atoms with Gasteiger partial charge in [0.25, 0.3) is 0 Å². The fourth-order valence-electron chi connectivity index (χ4n) is 3.67. The summed E-state index contributed by atoms with van der Waals surface area (Å²) in [4.78, 5) is 39.1. The highest BCUT2D eigenvalue weighted by atomic mass is 16.5. The van der Waals surface area contributed by atoms with Gasteiger partial charge in [-0.2, -0.15) is 0 Å². The Balaban J connectivity index is 2.10. The number of benzene rings is 2. The van der Waals surface area contributed by atoms with Crippen molar-refractivity contribution in [2.45, 2.75) is 18.9 Å². The summed E-state index contributed by atoms with van der Waals surface area (Å²) in [6.07, 6.45) is 3.38. The maximum absolute atomic E-state index is 12.8. The molecule has 0 bridgehead atoms.